The van der Waals surface area contributed by atoms with Gasteiger partial charge in [0.1, 0.15) is 0 Å². The van der Waals surface area contributed by atoms with Crippen LogP contribution in [0, 0.1) is 5.41 Å². The maximum absolute atomic E-state index is 11.7. The zero-order valence-corrected chi connectivity index (χ0v) is 12.0. The number of amides is 2. The van der Waals surface area contributed by atoms with E-state index in [-0.39, 0.29) is 17.3 Å². The number of nitrogens with zero attached hydrogens (tertiary/aromatic N) is 2. The van der Waals surface area contributed by atoms with E-state index in [0.29, 0.717) is 9.84 Å². The lowest BCUT2D eigenvalue weighted by atomic mass is 10.3. The van der Waals surface area contributed by atoms with E-state index in [9.17, 15) is 9.59 Å². The molecule has 1 aromatic heterocycles. The highest BCUT2D eigenvalue weighted by Gasteiger charge is 2.25. The first kappa shape index (κ1) is 13.7. The van der Waals surface area contributed by atoms with E-state index in [0.717, 1.165) is 0 Å². The molecule has 2 rings (SSSR count). The first-order valence-electron chi connectivity index (χ1n) is 4.92. The van der Waals surface area contributed by atoms with Gasteiger partial charge in [-0.15, -0.1) is 0 Å². The van der Waals surface area contributed by atoms with E-state index in [4.69, 9.17) is 9.83 Å². The number of aliphatic imine (C=N–C) groups is 2. The topological polar surface area (TPSA) is 108 Å². The lowest BCUT2D eigenvalue weighted by molar-refractivity contribution is -0.113. The number of furan rings is 1. The van der Waals surface area contributed by atoms with Gasteiger partial charge in [-0.05, 0) is 34.3 Å². The maximum Gasteiger partial charge on any atom is 0.313 e. The molecule has 0 saturated heterocycles. The Hall–Kier alpha value is -1.74. The average Bonchev–Trinajstić information content (AvgIpc) is 2.80. The summed E-state index contributed by atoms with van der Waals surface area (Å²) in [5.74, 6) is -1.77. The van der Waals surface area contributed by atoms with Crippen molar-refractivity contribution >= 4 is 56.2 Å². The smallest absolute Gasteiger partial charge is 0.313 e. The van der Waals surface area contributed by atoms with Crippen LogP contribution in [0.3, 0.4) is 0 Å². The van der Waals surface area contributed by atoms with Crippen LogP contribution in [0.25, 0.3) is 0 Å². The normalized spacial score (nSPS) is 17.4. The molecule has 0 unspecified atom stereocenters. The van der Waals surface area contributed by atoms with Crippen molar-refractivity contribution in [2.24, 2.45) is 9.98 Å². The number of hydrogen-bond donors (Lipinski definition) is 2. The number of hydrogen-bond acceptors (Lipinski definition) is 5. The van der Waals surface area contributed by atoms with Gasteiger partial charge in [-0.3, -0.25) is 20.3 Å². The highest BCUT2D eigenvalue weighted by Crippen LogP contribution is 2.15. The van der Waals surface area contributed by atoms with E-state index in [1.54, 1.807) is 6.26 Å². The van der Waals surface area contributed by atoms with Gasteiger partial charge >= 0.3 is 5.91 Å². The molecule has 0 fully saturated rings. The van der Waals surface area contributed by atoms with Gasteiger partial charge in [0, 0.05) is 0 Å². The van der Waals surface area contributed by atoms with Crippen LogP contribution < -0.4 is 5.32 Å². The van der Waals surface area contributed by atoms with E-state index >= 15 is 0 Å². The average molecular weight is 343 g/mol. The minimum Gasteiger partial charge on any atom is -0.444 e. The van der Waals surface area contributed by atoms with Gasteiger partial charge in [-0.1, -0.05) is 11.8 Å². The Balaban J connectivity index is 2.29. The molecule has 9 heteroatoms. The summed E-state index contributed by atoms with van der Waals surface area (Å²) >= 11 is 4.24. The summed E-state index contributed by atoms with van der Waals surface area (Å²) in [6.07, 6.45) is 1.71. The molecule has 0 radical (unpaired) electrons. The SMILES string of the molecule is CSC1=NC(=N)C(=NC(=O)c2ccc(Br)o2)C(=O)N1. The zero-order chi connectivity index (χ0) is 14.0. The molecule has 0 spiro atoms. The van der Waals surface area contributed by atoms with Crippen LogP contribution in [-0.2, 0) is 4.79 Å². The van der Waals surface area contributed by atoms with Crippen molar-refractivity contribution < 1.29 is 14.0 Å². The Morgan fingerprint density at radius 2 is 2.32 bits per heavy atom. The third-order valence-electron chi connectivity index (χ3n) is 2.06. The van der Waals surface area contributed by atoms with Gasteiger partial charge in [0.15, 0.2) is 27.1 Å². The first-order chi connectivity index (χ1) is 9.01. The molecular formula is C10H7BrN4O3S. The van der Waals surface area contributed by atoms with E-state index in [1.807, 2.05) is 0 Å². The number of carbonyl (C=O) groups excluding carboxylic acids is 2. The van der Waals surface area contributed by atoms with Crippen LogP contribution in [-0.4, -0.2) is 34.8 Å². The minimum absolute atomic E-state index is 0.0281. The summed E-state index contributed by atoms with van der Waals surface area (Å²) < 4.78 is 5.39. The van der Waals surface area contributed by atoms with Crippen LogP contribution in [0.1, 0.15) is 10.6 Å². The summed E-state index contributed by atoms with van der Waals surface area (Å²) in [7, 11) is 0. The lowest BCUT2D eigenvalue weighted by Gasteiger charge is -2.12. The third-order valence-corrected chi connectivity index (χ3v) is 3.07. The molecule has 0 atom stereocenters. The fourth-order valence-corrected chi connectivity index (χ4v) is 1.92. The zero-order valence-electron chi connectivity index (χ0n) is 9.56. The van der Waals surface area contributed by atoms with Crippen molar-refractivity contribution in [3.8, 4) is 0 Å². The quantitative estimate of drug-likeness (QED) is 0.804. The summed E-state index contributed by atoms with van der Waals surface area (Å²) in [6, 6.07) is 2.95. The Bertz CT molecular complexity index is 634. The molecular weight excluding hydrogens is 336 g/mol. The summed E-state index contributed by atoms with van der Waals surface area (Å²) in [6.45, 7) is 0. The first-order valence-corrected chi connectivity index (χ1v) is 6.94. The van der Waals surface area contributed by atoms with E-state index < -0.39 is 11.8 Å². The van der Waals surface area contributed by atoms with Gasteiger partial charge in [0.25, 0.3) is 5.91 Å². The second-order valence-corrected chi connectivity index (χ2v) is 4.87. The van der Waals surface area contributed by atoms with Crippen molar-refractivity contribution in [3.05, 3.63) is 22.6 Å². The van der Waals surface area contributed by atoms with Gasteiger partial charge in [-0.2, -0.15) is 4.99 Å². The number of nitrogens with one attached hydrogen (secondary N) is 2. The molecule has 1 aromatic rings. The molecule has 0 aliphatic carbocycles. The van der Waals surface area contributed by atoms with Crippen molar-refractivity contribution in [1.29, 1.82) is 5.41 Å². The van der Waals surface area contributed by atoms with Crippen molar-refractivity contribution in [1.82, 2.24) is 5.32 Å². The van der Waals surface area contributed by atoms with Crippen molar-refractivity contribution in [3.63, 3.8) is 0 Å². The minimum atomic E-state index is -0.747. The molecule has 19 heavy (non-hydrogen) atoms. The van der Waals surface area contributed by atoms with Crippen LogP contribution in [0.15, 0.2) is 31.2 Å². The predicted molar refractivity (Wildman–Crippen MR) is 75.0 cm³/mol. The molecule has 98 valence electrons. The van der Waals surface area contributed by atoms with Crippen LogP contribution in [0.2, 0.25) is 0 Å². The standard InChI is InChI=1S/C10H7BrN4O3S/c1-19-10-14-7(12)6(9(17)15-10)13-8(16)4-2-3-5(11)18-4/h2-3H,1H3,(H2,12,14,15,17). The molecule has 2 N–H and O–H groups in total. The van der Waals surface area contributed by atoms with E-state index in [2.05, 4.69) is 31.2 Å². The third kappa shape index (κ3) is 2.99. The number of amidine groups is 2. The second kappa shape index (κ2) is 5.49. The molecule has 1 aliphatic heterocycles. The number of carbonyl (C=O) groups is 2. The monoisotopic (exact) mass is 342 g/mol. The fraction of sp³-hybridized carbons (Fsp3) is 0.100. The molecule has 0 aromatic carbocycles. The molecule has 7 nitrogen and oxygen atoms in total. The summed E-state index contributed by atoms with van der Waals surface area (Å²) in [5.41, 5.74) is -0.338. The Labute approximate surface area is 120 Å². The summed E-state index contributed by atoms with van der Waals surface area (Å²) in [4.78, 5) is 30.8. The lowest BCUT2D eigenvalue weighted by Crippen LogP contribution is -2.43. The van der Waals surface area contributed by atoms with Gasteiger partial charge in [0.05, 0.1) is 0 Å². The molecule has 0 bridgehead atoms. The second-order valence-electron chi connectivity index (χ2n) is 3.29. The van der Waals surface area contributed by atoms with Gasteiger partial charge < -0.3 is 4.42 Å². The number of halogens is 1. The van der Waals surface area contributed by atoms with Crippen molar-refractivity contribution in [2.75, 3.05) is 6.26 Å². The van der Waals surface area contributed by atoms with Crippen LogP contribution in [0.4, 0.5) is 0 Å². The molecule has 1 aliphatic rings. The van der Waals surface area contributed by atoms with Crippen LogP contribution >= 0.6 is 27.7 Å². The largest absolute Gasteiger partial charge is 0.444 e. The highest BCUT2D eigenvalue weighted by atomic mass is 79.9. The number of rotatable bonds is 1. The molecule has 2 heterocycles. The fourth-order valence-electron chi connectivity index (χ4n) is 1.23. The van der Waals surface area contributed by atoms with Gasteiger partial charge in [0.2, 0.25) is 0 Å². The molecule has 2 amide bonds. The number of thioether (sulfide) groups is 1. The Morgan fingerprint density at radius 1 is 1.58 bits per heavy atom. The molecule has 0 saturated carbocycles. The van der Waals surface area contributed by atoms with Crippen LogP contribution in [0.5, 0.6) is 0 Å². The Kier molecular flexibility index (Phi) is 3.96. The van der Waals surface area contributed by atoms with Crippen molar-refractivity contribution in [2.45, 2.75) is 0 Å². The maximum atomic E-state index is 11.7. The predicted octanol–water partition coefficient (Wildman–Crippen LogP) is 1.45. The highest BCUT2D eigenvalue weighted by molar-refractivity contribution is 9.10. The van der Waals surface area contributed by atoms with E-state index in [1.165, 1.54) is 23.9 Å². The Morgan fingerprint density at radius 3 is 2.84 bits per heavy atom. The van der Waals surface area contributed by atoms with Gasteiger partial charge in [-0.25, -0.2) is 4.99 Å². The summed E-state index contributed by atoms with van der Waals surface area (Å²) in [5, 5.41) is 10.3.